The molecule has 1 aliphatic heterocycles. The van der Waals surface area contributed by atoms with Crippen molar-refractivity contribution in [3.63, 3.8) is 0 Å². The van der Waals surface area contributed by atoms with Crippen LogP contribution < -0.4 is 15.5 Å². The smallest absolute Gasteiger partial charge is 0.409 e. The first-order valence-electron chi connectivity index (χ1n) is 15.4. The Morgan fingerprint density at radius 2 is 1.69 bits per heavy atom. The molecule has 1 atom stereocenters. The van der Waals surface area contributed by atoms with Gasteiger partial charge < -0.3 is 14.8 Å². The third-order valence-electron chi connectivity index (χ3n) is 10.0. The summed E-state index contributed by atoms with van der Waals surface area (Å²) in [5.41, 5.74) is 12.7. The molecule has 7 rings (SSSR count). The maximum Gasteiger partial charge on any atom is 0.409 e. The number of hydrogen-bond acceptors (Lipinski definition) is 4. The van der Waals surface area contributed by atoms with Crippen LogP contribution in [-0.4, -0.2) is 20.1 Å². The lowest BCUT2D eigenvalue weighted by Crippen LogP contribution is -2.58. The molecule has 0 aromatic heterocycles. The molecule has 0 amide bonds. The van der Waals surface area contributed by atoms with Crippen LogP contribution in [-0.2, 0) is 28.9 Å². The van der Waals surface area contributed by atoms with E-state index in [1.807, 2.05) is 0 Å². The number of carbonyl (C=O) groups excluding carboxylic acids is 1. The number of allylic oxidation sites excluding steroid dienone is 2. The van der Waals surface area contributed by atoms with Crippen molar-refractivity contribution in [3.05, 3.63) is 106 Å². The van der Waals surface area contributed by atoms with E-state index in [-0.39, 0.29) is 13.0 Å². The van der Waals surface area contributed by atoms with Gasteiger partial charge >= 0.3 is 13.0 Å². The summed E-state index contributed by atoms with van der Waals surface area (Å²) in [7, 11) is 1.52. The highest BCUT2D eigenvalue weighted by Crippen LogP contribution is 2.45. The van der Waals surface area contributed by atoms with Crippen LogP contribution in [0.25, 0.3) is 16.3 Å². The lowest BCUT2D eigenvalue weighted by atomic mass is 9.57. The van der Waals surface area contributed by atoms with Crippen molar-refractivity contribution in [1.82, 2.24) is 0 Å². The van der Waals surface area contributed by atoms with Crippen molar-refractivity contribution >= 4 is 46.1 Å². The summed E-state index contributed by atoms with van der Waals surface area (Å²) < 4.78 is 5.33. The summed E-state index contributed by atoms with van der Waals surface area (Å²) in [6.07, 6.45) is 8.61. The van der Waals surface area contributed by atoms with Gasteiger partial charge in [-0.15, -0.1) is 0 Å². The topological polar surface area (TPSA) is 41.6 Å². The number of rotatable bonds is 5. The summed E-state index contributed by atoms with van der Waals surface area (Å²) in [6, 6.07) is 24.1. The van der Waals surface area contributed by atoms with Gasteiger partial charge in [-0.1, -0.05) is 60.7 Å². The Hall–Kier alpha value is -3.99. The molecule has 1 N–H and O–H groups in total. The fourth-order valence-corrected chi connectivity index (χ4v) is 7.92. The molecule has 4 nitrogen and oxygen atoms in total. The number of benzene rings is 4. The number of nitrogens with zero attached hydrogens (tertiary/aromatic N) is 1. The van der Waals surface area contributed by atoms with Crippen LogP contribution in [0.2, 0.25) is 0 Å². The van der Waals surface area contributed by atoms with Crippen molar-refractivity contribution in [1.29, 1.82) is 0 Å². The number of ether oxygens (including phenoxy) is 1. The Kier molecular flexibility index (Phi) is 6.64. The molecule has 2 aliphatic carbocycles. The summed E-state index contributed by atoms with van der Waals surface area (Å²) in [5, 5.41) is 6.58. The van der Waals surface area contributed by atoms with Gasteiger partial charge in [0.1, 0.15) is 0 Å². The molecule has 0 radical (unpaired) electrons. The third-order valence-corrected chi connectivity index (χ3v) is 10.0. The van der Waals surface area contributed by atoms with Gasteiger partial charge in [0.25, 0.3) is 0 Å². The maximum absolute atomic E-state index is 13.0. The first-order chi connectivity index (χ1) is 20.4. The first-order valence-corrected chi connectivity index (χ1v) is 15.4. The number of esters is 1. The highest BCUT2D eigenvalue weighted by atomic mass is 16.5. The van der Waals surface area contributed by atoms with E-state index in [1.165, 1.54) is 86.5 Å². The van der Waals surface area contributed by atoms with Gasteiger partial charge in [-0.25, -0.2) is 0 Å². The van der Waals surface area contributed by atoms with Crippen LogP contribution in [0.5, 0.6) is 0 Å². The van der Waals surface area contributed by atoms with E-state index in [9.17, 15) is 4.79 Å². The van der Waals surface area contributed by atoms with Crippen molar-refractivity contribution in [2.24, 2.45) is 5.41 Å². The molecule has 5 heteroatoms. The minimum absolute atomic E-state index is 0.0579. The molecule has 4 aromatic rings. The van der Waals surface area contributed by atoms with Gasteiger partial charge in [-0.3, -0.25) is 4.79 Å². The third kappa shape index (κ3) is 4.24. The molecule has 0 bridgehead atoms. The molecule has 1 unspecified atom stereocenters. The van der Waals surface area contributed by atoms with Crippen LogP contribution in [0, 0.1) is 19.3 Å². The van der Waals surface area contributed by atoms with Gasteiger partial charge in [-0.2, -0.15) is 0 Å². The molecule has 4 aromatic carbocycles. The molecule has 212 valence electrons. The molecule has 1 heterocycles. The monoisotopic (exact) mass is 554 g/mol. The van der Waals surface area contributed by atoms with Gasteiger partial charge in [0.05, 0.1) is 12.5 Å². The van der Waals surface area contributed by atoms with Crippen LogP contribution in [0.4, 0.5) is 11.4 Å². The SMILES string of the molecule is COC(=O)C1(C)Cc2c(C)c(B3Nc4cccc5cccc(c45)N3Cc3ccccc3)c(C3=CCCCC3)c(C)c2C1. The van der Waals surface area contributed by atoms with Gasteiger partial charge in [0.2, 0.25) is 0 Å². The average Bonchev–Trinajstić information content (AvgIpc) is 3.40. The molecule has 0 saturated carbocycles. The summed E-state index contributed by atoms with van der Waals surface area (Å²) in [4.78, 5) is 15.6. The number of nitrogens with one attached hydrogen (secondary N) is 1. The minimum atomic E-state index is -0.536. The molecular weight excluding hydrogens is 515 g/mol. The van der Waals surface area contributed by atoms with E-state index in [2.05, 4.69) is 104 Å². The number of hydrogen-bond donors (Lipinski definition) is 1. The van der Waals surface area contributed by atoms with Crippen molar-refractivity contribution in [3.8, 4) is 0 Å². The predicted molar refractivity (Wildman–Crippen MR) is 175 cm³/mol. The maximum atomic E-state index is 13.0. The zero-order valence-corrected chi connectivity index (χ0v) is 25.2. The summed E-state index contributed by atoms with van der Waals surface area (Å²) >= 11 is 0. The van der Waals surface area contributed by atoms with Crippen molar-refractivity contribution < 1.29 is 9.53 Å². The molecule has 0 fully saturated rings. The zero-order valence-electron chi connectivity index (χ0n) is 25.2. The van der Waals surface area contributed by atoms with Crippen LogP contribution in [0.15, 0.2) is 72.8 Å². The molecule has 3 aliphatic rings. The Morgan fingerprint density at radius 1 is 0.952 bits per heavy atom. The normalized spacial score (nSPS) is 19.4. The largest absolute Gasteiger partial charge is 0.469 e. The Morgan fingerprint density at radius 3 is 2.40 bits per heavy atom. The Bertz CT molecular complexity index is 1740. The van der Waals surface area contributed by atoms with E-state index in [0.717, 1.165) is 25.8 Å². The zero-order chi connectivity index (χ0) is 29.0. The first kappa shape index (κ1) is 26.9. The Labute approximate surface area is 249 Å². The fourth-order valence-electron chi connectivity index (χ4n) is 7.92. The highest BCUT2D eigenvalue weighted by molar-refractivity contribution is 6.81. The Balaban J connectivity index is 1.48. The quantitative estimate of drug-likeness (QED) is 0.205. The lowest BCUT2D eigenvalue weighted by molar-refractivity contribution is -0.151. The molecule has 42 heavy (non-hydrogen) atoms. The number of methoxy groups -OCH3 is 1. The number of anilines is 2. The fraction of sp³-hybridized carbons (Fsp3) is 0.324. The van der Waals surface area contributed by atoms with Crippen molar-refractivity contribution in [2.45, 2.75) is 65.8 Å². The number of fused-ring (bicyclic) bond motifs is 1. The second kappa shape index (κ2) is 10.4. The van der Waals surface area contributed by atoms with Gasteiger partial charge in [0, 0.05) is 23.3 Å². The minimum Gasteiger partial charge on any atom is -0.469 e. The summed E-state index contributed by atoms with van der Waals surface area (Å²) in [5.74, 6) is -0.111. The van der Waals surface area contributed by atoms with Crippen molar-refractivity contribution in [2.75, 3.05) is 17.1 Å². The second-order valence-corrected chi connectivity index (χ2v) is 12.7. The molecular formula is C37H39BN2O2. The predicted octanol–water partition coefficient (Wildman–Crippen LogP) is 7.52. The molecule has 0 spiro atoms. The van der Waals surface area contributed by atoms with E-state index < -0.39 is 5.41 Å². The molecule has 0 saturated heterocycles. The van der Waals surface area contributed by atoms with Crippen LogP contribution in [0.1, 0.15) is 66.0 Å². The summed E-state index contributed by atoms with van der Waals surface area (Å²) in [6.45, 7) is 7.41. The van der Waals surface area contributed by atoms with Gasteiger partial charge in [-0.05, 0) is 121 Å². The van der Waals surface area contributed by atoms with Crippen LogP contribution in [0.3, 0.4) is 0 Å². The second-order valence-electron chi connectivity index (χ2n) is 12.7. The number of carbonyl (C=O) groups is 1. The standard InChI is InChI=1S/C37H39BN2O2/c1-24-29-21-37(3,36(41)42-4)22-30(29)25(2)35(33(24)27-15-9-6-10-16-27)38-39-31-19-11-17-28-18-12-20-32(34(28)31)40(38)23-26-13-7-5-8-14-26/h5,7-8,11-15,17-20,39H,6,9-10,16,21-23H2,1-4H3. The van der Waals surface area contributed by atoms with E-state index in [0.29, 0.717) is 6.42 Å². The van der Waals surface area contributed by atoms with E-state index >= 15 is 0 Å². The van der Waals surface area contributed by atoms with E-state index in [4.69, 9.17) is 4.74 Å². The average molecular weight is 555 g/mol. The lowest BCUT2D eigenvalue weighted by Gasteiger charge is -2.40. The highest BCUT2D eigenvalue weighted by Gasteiger charge is 2.45. The van der Waals surface area contributed by atoms with E-state index in [1.54, 1.807) is 0 Å². The van der Waals surface area contributed by atoms with Gasteiger partial charge in [0.15, 0.2) is 0 Å². The van der Waals surface area contributed by atoms with Crippen LogP contribution >= 0.6 is 0 Å².